The van der Waals surface area contributed by atoms with Gasteiger partial charge in [-0.25, -0.2) is 4.98 Å². The van der Waals surface area contributed by atoms with Crippen molar-refractivity contribution in [1.29, 1.82) is 0 Å². The Morgan fingerprint density at radius 1 is 1.53 bits per heavy atom. The van der Waals surface area contributed by atoms with Gasteiger partial charge in [-0.2, -0.15) is 5.10 Å². The third kappa shape index (κ3) is 1.30. The molecule has 78 valence electrons. The van der Waals surface area contributed by atoms with Crippen molar-refractivity contribution in [3.63, 3.8) is 0 Å². The number of aryl methyl sites for hydroxylation is 2. The summed E-state index contributed by atoms with van der Waals surface area (Å²) in [7, 11) is 1.77. The zero-order chi connectivity index (χ0) is 11.2. The highest BCUT2D eigenvalue weighted by Crippen LogP contribution is 2.20. The van der Waals surface area contributed by atoms with Crippen LogP contribution in [-0.2, 0) is 7.05 Å². The molecule has 1 amide bonds. The van der Waals surface area contributed by atoms with Crippen molar-refractivity contribution in [2.75, 3.05) is 5.73 Å². The Hall–Kier alpha value is -2.11. The van der Waals surface area contributed by atoms with Crippen LogP contribution in [0.25, 0.3) is 11.0 Å². The minimum atomic E-state index is -0.579. The number of amides is 1. The zero-order valence-corrected chi connectivity index (χ0v) is 8.48. The summed E-state index contributed by atoms with van der Waals surface area (Å²) in [6.07, 6.45) is 0. The third-order valence-electron chi connectivity index (χ3n) is 2.29. The Bertz CT molecular complexity index is 557. The van der Waals surface area contributed by atoms with Gasteiger partial charge in [0.25, 0.3) is 5.91 Å². The molecular weight excluding hydrogens is 194 g/mol. The molecule has 6 nitrogen and oxygen atoms in total. The molecule has 0 radical (unpaired) electrons. The van der Waals surface area contributed by atoms with Gasteiger partial charge < -0.3 is 11.5 Å². The highest BCUT2D eigenvalue weighted by molar-refractivity contribution is 6.00. The fourth-order valence-electron chi connectivity index (χ4n) is 1.55. The first kappa shape index (κ1) is 9.45. The number of anilines is 1. The molecule has 0 aliphatic rings. The molecule has 6 heteroatoms. The second-order valence-electron chi connectivity index (χ2n) is 3.37. The van der Waals surface area contributed by atoms with Crippen LogP contribution in [0.2, 0.25) is 0 Å². The number of nitrogen functional groups attached to an aromatic ring is 1. The number of fused-ring (bicyclic) bond motifs is 1. The van der Waals surface area contributed by atoms with Crippen molar-refractivity contribution < 1.29 is 4.79 Å². The SMILES string of the molecule is Cc1nn(C)c2nc(N)c(C(N)=O)cc12. The Labute approximate surface area is 85.9 Å². The summed E-state index contributed by atoms with van der Waals surface area (Å²) in [6.45, 7) is 1.84. The van der Waals surface area contributed by atoms with Gasteiger partial charge >= 0.3 is 0 Å². The molecule has 0 unspecified atom stereocenters. The quantitative estimate of drug-likeness (QED) is 0.682. The van der Waals surface area contributed by atoms with Crippen molar-refractivity contribution in [1.82, 2.24) is 14.8 Å². The van der Waals surface area contributed by atoms with E-state index in [4.69, 9.17) is 11.5 Å². The summed E-state index contributed by atoms with van der Waals surface area (Å²) in [6, 6.07) is 1.63. The van der Waals surface area contributed by atoms with Crippen LogP contribution in [0.15, 0.2) is 6.07 Å². The van der Waals surface area contributed by atoms with Crippen LogP contribution in [0.1, 0.15) is 16.1 Å². The molecule has 0 saturated heterocycles. The monoisotopic (exact) mass is 205 g/mol. The highest BCUT2D eigenvalue weighted by Gasteiger charge is 2.13. The molecule has 0 spiro atoms. The molecule has 2 heterocycles. The fourth-order valence-corrected chi connectivity index (χ4v) is 1.55. The van der Waals surface area contributed by atoms with Crippen LogP contribution >= 0.6 is 0 Å². The van der Waals surface area contributed by atoms with Gasteiger partial charge in [0, 0.05) is 12.4 Å². The van der Waals surface area contributed by atoms with E-state index in [2.05, 4.69) is 10.1 Å². The topological polar surface area (TPSA) is 99.8 Å². The van der Waals surface area contributed by atoms with E-state index < -0.39 is 5.91 Å². The number of hydrogen-bond acceptors (Lipinski definition) is 4. The van der Waals surface area contributed by atoms with Crippen LogP contribution in [0.4, 0.5) is 5.82 Å². The predicted octanol–water partition coefficient (Wildman–Crippen LogP) is -0.0422. The standard InChI is InChI=1S/C9H11N5O/c1-4-5-3-6(8(11)15)7(10)12-9(5)14(2)13-4/h3H,1-2H3,(H2,10,12)(H2,11,15). The van der Waals surface area contributed by atoms with Crippen molar-refractivity contribution >= 4 is 22.8 Å². The van der Waals surface area contributed by atoms with Crippen LogP contribution in [0.3, 0.4) is 0 Å². The molecule has 2 rings (SSSR count). The van der Waals surface area contributed by atoms with Crippen LogP contribution in [0.5, 0.6) is 0 Å². The Balaban J connectivity index is 2.85. The number of nitrogens with zero attached hydrogens (tertiary/aromatic N) is 3. The lowest BCUT2D eigenvalue weighted by Gasteiger charge is -2.01. The van der Waals surface area contributed by atoms with Gasteiger partial charge in [-0.1, -0.05) is 0 Å². The van der Waals surface area contributed by atoms with E-state index in [0.717, 1.165) is 11.1 Å². The number of primary amides is 1. The van der Waals surface area contributed by atoms with Crippen molar-refractivity contribution in [2.24, 2.45) is 12.8 Å². The molecule has 4 N–H and O–H groups in total. The van der Waals surface area contributed by atoms with Gasteiger partial charge in [0.2, 0.25) is 0 Å². The molecule has 2 aromatic heterocycles. The third-order valence-corrected chi connectivity index (χ3v) is 2.29. The Morgan fingerprint density at radius 2 is 2.20 bits per heavy atom. The first-order valence-electron chi connectivity index (χ1n) is 4.40. The average molecular weight is 205 g/mol. The van der Waals surface area contributed by atoms with Gasteiger partial charge in [0.15, 0.2) is 5.65 Å². The predicted molar refractivity (Wildman–Crippen MR) is 56.2 cm³/mol. The van der Waals surface area contributed by atoms with Crippen LogP contribution < -0.4 is 11.5 Å². The first-order chi connectivity index (χ1) is 7.00. The maximum Gasteiger partial charge on any atom is 0.252 e. The highest BCUT2D eigenvalue weighted by atomic mass is 16.1. The summed E-state index contributed by atoms with van der Waals surface area (Å²) in [4.78, 5) is 15.2. The second kappa shape index (κ2) is 2.94. The van der Waals surface area contributed by atoms with E-state index in [1.54, 1.807) is 17.8 Å². The molecule has 15 heavy (non-hydrogen) atoms. The maximum absolute atomic E-state index is 11.1. The molecule has 0 atom stereocenters. The number of nitrogens with two attached hydrogens (primary N) is 2. The van der Waals surface area contributed by atoms with E-state index >= 15 is 0 Å². The lowest BCUT2D eigenvalue weighted by atomic mass is 10.2. The van der Waals surface area contributed by atoms with Crippen LogP contribution in [0, 0.1) is 6.92 Å². The van der Waals surface area contributed by atoms with Crippen molar-refractivity contribution in [2.45, 2.75) is 6.92 Å². The summed E-state index contributed by atoms with van der Waals surface area (Å²) < 4.78 is 1.62. The Morgan fingerprint density at radius 3 is 2.80 bits per heavy atom. The van der Waals surface area contributed by atoms with E-state index in [0.29, 0.717) is 5.65 Å². The summed E-state index contributed by atoms with van der Waals surface area (Å²) >= 11 is 0. The van der Waals surface area contributed by atoms with Crippen molar-refractivity contribution in [3.05, 3.63) is 17.3 Å². The van der Waals surface area contributed by atoms with Crippen molar-refractivity contribution in [3.8, 4) is 0 Å². The number of carbonyl (C=O) groups excluding carboxylic acids is 1. The lowest BCUT2D eigenvalue weighted by Crippen LogP contribution is -2.14. The van der Waals surface area contributed by atoms with Crippen LogP contribution in [-0.4, -0.2) is 20.7 Å². The normalized spacial score (nSPS) is 10.8. The van der Waals surface area contributed by atoms with Gasteiger partial charge in [-0.15, -0.1) is 0 Å². The molecule has 0 saturated carbocycles. The average Bonchev–Trinajstić information content (AvgIpc) is 2.41. The Kier molecular flexibility index (Phi) is 1.85. The smallest absolute Gasteiger partial charge is 0.252 e. The molecule has 0 fully saturated rings. The van der Waals surface area contributed by atoms with E-state index in [9.17, 15) is 4.79 Å². The number of carbonyl (C=O) groups is 1. The summed E-state index contributed by atoms with van der Waals surface area (Å²) in [5.74, 6) is -0.442. The lowest BCUT2D eigenvalue weighted by molar-refractivity contribution is 0.100. The maximum atomic E-state index is 11.1. The van der Waals surface area contributed by atoms with E-state index in [1.807, 2.05) is 6.92 Å². The summed E-state index contributed by atoms with van der Waals surface area (Å²) in [5, 5.41) is 4.97. The molecule has 2 aromatic rings. The molecule has 0 aliphatic carbocycles. The molecular formula is C9H11N5O. The zero-order valence-electron chi connectivity index (χ0n) is 8.48. The second-order valence-corrected chi connectivity index (χ2v) is 3.37. The molecule has 0 aliphatic heterocycles. The van der Waals surface area contributed by atoms with Gasteiger partial charge in [0.1, 0.15) is 5.82 Å². The number of pyridine rings is 1. The number of aromatic nitrogens is 3. The number of hydrogen-bond donors (Lipinski definition) is 2. The minimum Gasteiger partial charge on any atom is -0.383 e. The minimum absolute atomic E-state index is 0.137. The number of rotatable bonds is 1. The van der Waals surface area contributed by atoms with E-state index in [1.165, 1.54) is 0 Å². The first-order valence-corrected chi connectivity index (χ1v) is 4.40. The van der Waals surface area contributed by atoms with Gasteiger partial charge in [-0.05, 0) is 13.0 Å². The molecule has 0 aromatic carbocycles. The van der Waals surface area contributed by atoms with Gasteiger partial charge in [-0.3, -0.25) is 9.48 Å². The largest absolute Gasteiger partial charge is 0.383 e. The summed E-state index contributed by atoms with van der Waals surface area (Å²) in [5.41, 5.74) is 12.5. The van der Waals surface area contributed by atoms with E-state index in [-0.39, 0.29) is 11.4 Å². The fraction of sp³-hybridized carbons (Fsp3) is 0.222. The molecule has 0 bridgehead atoms. The van der Waals surface area contributed by atoms with Gasteiger partial charge in [0.05, 0.1) is 11.3 Å².